The number of aliphatic hydroxyl groups excluding tert-OH is 1. The molecular weight excluding hydrogens is 383 g/mol. The number of hydrogen-bond donors (Lipinski definition) is 1. The second-order valence-electron chi connectivity index (χ2n) is 5.61. The second-order valence-corrected chi connectivity index (χ2v) is 10.1. The van der Waals surface area contributed by atoms with Crippen molar-refractivity contribution >= 4 is 19.7 Å². The molecule has 0 aliphatic carbocycles. The molecule has 142 valence electrons. The maximum Gasteiger partial charge on any atom is 0.320 e. The molecule has 26 heavy (non-hydrogen) atoms. The van der Waals surface area contributed by atoms with Gasteiger partial charge in [-0.3, -0.25) is 0 Å². The van der Waals surface area contributed by atoms with Crippen LogP contribution in [0, 0.1) is 0 Å². The first-order valence-corrected chi connectivity index (χ1v) is 10.6. The SMILES string of the molecule is COCC(O)CC(F)(S(=O)(=O)c1ccccc1)S(=O)(=O)c1ccccc1. The van der Waals surface area contributed by atoms with E-state index in [1.54, 1.807) is 0 Å². The van der Waals surface area contributed by atoms with Gasteiger partial charge in [0.25, 0.3) is 0 Å². The number of benzene rings is 2. The Morgan fingerprint density at radius 1 is 0.923 bits per heavy atom. The molecule has 2 rings (SSSR count). The predicted octanol–water partition coefficient (Wildman–Crippen LogP) is 1.95. The van der Waals surface area contributed by atoms with Gasteiger partial charge in [-0.15, -0.1) is 0 Å². The third-order valence-electron chi connectivity index (χ3n) is 3.75. The molecule has 2 aromatic rings. The Bertz CT molecular complexity index is 858. The summed E-state index contributed by atoms with van der Waals surface area (Å²) in [6.45, 7) is -0.416. The Morgan fingerprint density at radius 2 is 1.31 bits per heavy atom. The van der Waals surface area contributed by atoms with E-state index >= 15 is 4.39 Å². The van der Waals surface area contributed by atoms with E-state index in [2.05, 4.69) is 4.74 Å². The van der Waals surface area contributed by atoms with Crippen LogP contribution in [0.4, 0.5) is 4.39 Å². The second kappa shape index (κ2) is 7.83. The summed E-state index contributed by atoms with van der Waals surface area (Å²) in [5.41, 5.74) is 0. The molecule has 0 aromatic heterocycles. The van der Waals surface area contributed by atoms with Crippen molar-refractivity contribution in [2.75, 3.05) is 13.7 Å². The van der Waals surface area contributed by atoms with Crippen LogP contribution in [0.25, 0.3) is 0 Å². The summed E-state index contributed by atoms with van der Waals surface area (Å²) in [5.74, 6) is 0. The molecule has 0 bridgehead atoms. The Hall–Kier alpha value is -1.81. The minimum Gasteiger partial charge on any atom is -0.391 e. The fourth-order valence-electron chi connectivity index (χ4n) is 2.45. The molecule has 2 aromatic carbocycles. The number of hydrogen-bond acceptors (Lipinski definition) is 6. The van der Waals surface area contributed by atoms with E-state index < -0.39 is 52.9 Å². The van der Waals surface area contributed by atoms with Gasteiger partial charge in [0.1, 0.15) is 0 Å². The predicted molar refractivity (Wildman–Crippen MR) is 93.6 cm³/mol. The number of aliphatic hydroxyl groups is 1. The molecule has 0 heterocycles. The molecule has 0 fully saturated rings. The van der Waals surface area contributed by atoms with E-state index in [0.29, 0.717) is 0 Å². The van der Waals surface area contributed by atoms with Crippen LogP contribution in [0.5, 0.6) is 0 Å². The van der Waals surface area contributed by atoms with Crippen LogP contribution in [0.2, 0.25) is 0 Å². The minimum atomic E-state index is -4.99. The molecule has 1 atom stereocenters. The van der Waals surface area contributed by atoms with Gasteiger partial charge in [0, 0.05) is 13.5 Å². The van der Waals surface area contributed by atoms with Gasteiger partial charge in [0.2, 0.25) is 19.7 Å². The highest BCUT2D eigenvalue weighted by atomic mass is 32.3. The Balaban J connectivity index is 2.68. The lowest BCUT2D eigenvalue weighted by molar-refractivity contribution is 0.0464. The van der Waals surface area contributed by atoms with E-state index in [1.807, 2.05) is 0 Å². The molecular formula is C17H19FO6S2. The molecule has 0 saturated carbocycles. The molecule has 0 spiro atoms. The Labute approximate surface area is 152 Å². The average molecular weight is 402 g/mol. The van der Waals surface area contributed by atoms with Crippen LogP contribution < -0.4 is 0 Å². The quantitative estimate of drug-likeness (QED) is 0.725. The van der Waals surface area contributed by atoms with Crippen molar-refractivity contribution in [2.24, 2.45) is 0 Å². The van der Waals surface area contributed by atoms with Crippen LogP contribution >= 0.6 is 0 Å². The lowest BCUT2D eigenvalue weighted by Crippen LogP contribution is -2.45. The zero-order chi connectivity index (χ0) is 19.4. The summed E-state index contributed by atoms with van der Waals surface area (Å²) in [7, 11) is -8.76. The first kappa shape index (κ1) is 20.5. The largest absolute Gasteiger partial charge is 0.391 e. The van der Waals surface area contributed by atoms with Gasteiger partial charge < -0.3 is 9.84 Å². The van der Waals surface area contributed by atoms with Crippen LogP contribution in [-0.4, -0.2) is 46.1 Å². The summed E-state index contributed by atoms with van der Waals surface area (Å²) in [4.78, 5) is -0.988. The van der Waals surface area contributed by atoms with E-state index in [0.717, 1.165) is 24.3 Å². The lowest BCUT2D eigenvalue weighted by atomic mass is 10.3. The highest BCUT2D eigenvalue weighted by Gasteiger charge is 2.58. The van der Waals surface area contributed by atoms with Crippen molar-refractivity contribution in [2.45, 2.75) is 26.6 Å². The molecule has 1 unspecified atom stereocenters. The van der Waals surface area contributed by atoms with Crippen LogP contribution in [0.1, 0.15) is 6.42 Å². The van der Waals surface area contributed by atoms with Gasteiger partial charge in [0.15, 0.2) is 0 Å². The average Bonchev–Trinajstić information content (AvgIpc) is 2.63. The third-order valence-corrected chi connectivity index (χ3v) is 8.79. The monoisotopic (exact) mass is 402 g/mol. The van der Waals surface area contributed by atoms with E-state index in [9.17, 15) is 21.9 Å². The maximum atomic E-state index is 15.9. The highest BCUT2D eigenvalue weighted by molar-refractivity contribution is 8.10. The lowest BCUT2D eigenvalue weighted by Gasteiger charge is -2.27. The summed E-state index contributed by atoms with van der Waals surface area (Å²) in [6, 6.07) is 12.9. The van der Waals surface area contributed by atoms with Crippen molar-refractivity contribution in [3.8, 4) is 0 Å². The van der Waals surface area contributed by atoms with E-state index in [1.165, 1.54) is 43.5 Å². The zero-order valence-electron chi connectivity index (χ0n) is 13.9. The normalized spacial score (nSPS) is 14.1. The van der Waals surface area contributed by atoms with Crippen molar-refractivity contribution in [3.05, 3.63) is 60.7 Å². The molecule has 1 N–H and O–H groups in total. The van der Waals surface area contributed by atoms with Gasteiger partial charge in [-0.05, 0) is 24.3 Å². The molecule has 0 amide bonds. The smallest absolute Gasteiger partial charge is 0.320 e. The number of methoxy groups -OCH3 is 1. The molecule has 0 aliphatic rings. The van der Waals surface area contributed by atoms with E-state index in [4.69, 9.17) is 0 Å². The first-order chi connectivity index (χ1) is 12.2. The molecule has 6 nitrogen and oxygen atoms in total. The van der Waals surface area contributed by atoms with Crippen molar-refractivity contribution in [1.82, 2.24) is 0 Å². The minimum absolute atomic E-state index is 0.416. The highest BCUT2D eigenvalue weighted by Crippen LogP contribution is 2.40. The zero-order valence-corrected chi connectivity index (χ0v) is 15.6. The molecule has 0 radical (unpaired) electrons. The Kier molecular flexibility index (Phi) is 6.17. The van der Waals surface area contributed by atoms with Crippen molar-refractivity contribution < 1.29 is 31.1 Å². The molecule has 0 aliphatic heterocycles. The number of rotatable bonds is 8. The summed E-state index contributed by atoms with van der Waals surface area (Å²) in [6.07, 6.45) is -2.82. The molecule has 0 saturated heterocycles. The number of ether oxygens (including phenoxy) is 1. The van der Waals surface area contributed by atoms with Gasteiger partial charge in [-0.2, -0.15) is 0 Å². The summed E-state index contributed by atoms with van der Waals surface area (Å²) in [5, 5.41) is 9.91. The van der Waals surface area contributed by atoms with Gasteiger partial charge >= 0.3 is 4.33 Å². The Morgan fingerprint density at radius 3 is 1.65 bits per heavy atom. The van der Waals surface area contributed by atoms with Crippen molar-refractivity contribution in [1.29, 1.82) is 0 Å². The fraction of sp³-hybridized carbons (Fsp3) is 0.294. The fourth-order valence-corrected chi connectivity index (χ4v) is 6.74. The topological polar surface area (TPSA) is 97.7 Å². The summed E-state index contributed by atoms with van der Waals surface area (Å²) < 4.78 is 68.4. The number of halogens is 1. The van der Waals surface area contributed by atoms with Crippen LogP contribution in [0.15, 0.2) is 70.5 Å². The first-order valence-electron chi connectivity index (χ1n) is 7.62. The van der Waals surface area contributed by atoms with Crippen molar-refractivity contribution in [3.63, 3.8) is 0 Å². The van der Waals surface area contributed by atoms with Crippen LogP contribution in [0.3, 0.4) is 0 Å². The maximum absolute atomic E-state index is 15.9. The number of sulfone groups is 2. The van der Waals surface area contributed by atoms with Gasteiger partial charge in [0.05, 0.1) is 22.5 Å². The standard InChI is InChI=1S/C17H19FO6S2/c1-24-13-14(19)12-17(18,25(20,21)15-8-4-2-5-9-15)26(22,23)16-10-6-3-7-11-16/h2-11,14,19H,12-13H2,1H3. The van der Waals surface area contributed by atoms with E-state index in [-0.39, 0.29) is 0 Å². The number of alkyl halides is 1. The van der Waals surface area contributed by atoms with Crippen LogP contribution in [-0.2, 0) is 24.4 Å². The van der Waals surface area contributed by atoms with Gasteiger partial charge in [-0.25, -0.2) is 21.2 Å². The molecule has 9 heteroatoms. The third kappa shape index (κ3) is 3.66. The summed E-state index contributed by atoms with van der Waals surface area (Å²) >= 11 is 0. The van der Waals surface area contributed by atoms with Gasteiger partial charge in [-0.1, -0.05) is 36.4 Å².